The summed E-state index contributed by atoms with van der Waals surface area (Å²) in [6, 6.07) is 11.6. The summed E-state index contributed by atoms with van der Waals surface area (Å²) in [5.41, 5.74) is -0.914. The molecule has 12 nitrogen and oxygen atoms in total. The second-order valence-corrected chi connectivity index (χ2v) is 12.4. The van der Waals surface area contributed by atoms with E-state index in [0.29, 0.717) is 42.3 Å². The fourth-order valence-electron chi connectivity index (χ4n) is 4.65. The summed E-state index contributed by atoms with van der Waals surface area (Å²) >= 11 is 0. The number of rotatable bonds is 13. The van der Waals surface area contributed by atoms with Gasteiger partial charge in [-0.3, -0.25) is 14.5 Å². The average molecular weight is 622 g/mol. The van der Waals surface area contributed by atoms with Gasteiger partial charge in [0.15, 0.2) is 0 Å². The minimum Gasteiger partial charge on any atom is -0.497 e. The fraction of sp³-hybridized carbons (Fsp3) is 0.333. The van der Waals surface area contributed by atoms with Crippen LogP contribution in [0.5, 0.6) is 11.6 Å². The molecule has 0 spiro atoms. The van der Waals surface area contributed by atoms with Gasteiger partial charge >= 0.3 is 0 Å². The molecule has 0 aliphatic heterocycles. The fourth-order valence-corrected chi connectivity index (χ4v) is 6.20. The highest BCUT2D eigenvalue weighted by molar-refractivity contribution is 7.94. The number of halogens is 1. The molecule has 230 valence electrons. The van der Waals surface area contributed by atoms with Crippen LogP contribution in [-0.2, 0) is 26.9 Å². The number of hydrogen-bond donors (Lipinski definition) is 2. The van der Waals surface area contributed by atoms with Crippen LogP contribution in [0.4, 0.5) is 16.2 Å². The van der Waals surface area contributed by atoms with Crippen molar-refractivity contribution in [3.63, 3.8) is 0 Å². The first kappa shape index (κ1) is 30.7. The Kier molecular flexibility index (Phi) is 8.72. The van der Waals surface area contributed by atoms with E-state index in [1.807, 2.05) is 19.1 Å². The van der Waals surface area contributed by atoms with Crippen LogP contribution in [0.2, 0.25) is 0 Å². The Labute approximate surface area is 254 Å². The molecule has 0 saturated heterocycles. The third-order valence-corrected chi connectivity index (χ3v) is 9.55. The highest BCUT2D eigenvalue weighted by Crippen LogP contribution is 2.46. The Morgan fingerprint density at radius 3 is 2.43 bits per heavy atom. The number of sulfonamides is 1. The number of anilines is 2. The maximum atomic E-state index is 16.3. The minimum absolute atomic E-state index is 0.104. The van der Waals surface area contributed by atoms with Gasteiger partial charge in [0.05, 0.1) is 42.2 Å². The molecule has 14 heteroatoms. The van der Waals surface area contributed by atoms with E-state index >= 15 is 4.39 Å². The highest BCUT2D eigenvalue weighted by Gasteiger charge is 2.55. The summed E-state index contributed by atoms with van der Waals surface area (Å²) in [5.74, 6) is -0.185. The second kappa shape index (κ2) is 12.5. The van der Waals surface area contributed by atoms with Crippen LogP contribution in [0.25, 0.3) is 11.3 Å². The lowest BCUT2D eigenvalue weighted by Crippen LogP contribution is -2.37. The second-order valence-electron chi connectivity index (χ2n) is 10.3. The molecule has 1 unspecified atom stereocenters. The number of pyridine rings is 1. The van der Waals surface area contributed by atoms with Crippen molar-refractivity contribution >= 4 is 27.7 Å². The van der Waals surface area contributed by atoms with E-state index in [9.17, 15) is 13.2 Å². The predicted octanol–water partition coefficient (Wildman–Crippen LogP) is 4.47. The molecular weight excluding hydrogens is 589 g/mol. The van der Waals surface area contributed by atoms with Crippen molar-refractivity contribution in [2.75, 3.05) is 23.8 Å². The SMILES string of the molecule is CCOc1cncc(-c2ccc(NC(=O)C(F)(CC)c3ccnc(NS(=O)(=O)C4(Cc5ccc(OC)cc5)CC4)n3)nc2)n1. The molecule has 2 N–H and O–H groups in total. The van der Waals surface area contributed by atoms with E-state index < -0.39 is 26.3 Å². The van der Waals surface area contributed by atoms with Gasteiger partial charge in [0.25, 0.3) is 5.91 Å². The third-order valence-electron chi connectivity index (χ3n) is 7.40. The van der Waals surface area contributed by atoms with Gasteiger partial charge in [0.1, 0.15) is 11.6 Å². The van der Waals surface area contributed by atoms with Crippen molar-refractivity contribution in [2.24, 2.45) is 0 Å². The number of aromatic nitrogens is 5. The van der Waals surface area contributed by atoms with E-state index in [1.54, 1.807) is 31.5 Å². The monoisotopic (exact) mass is 621 g/mol. The van der Waals surface area contributed by atoms with Crippen molar-refractivity contribution < 1.29 is 27.1 Å². The van der Waals surface area contributed by atoms with Gasteiger partial charge in [0, 0.05) is 18.0 Å². The molecule has 0 bridgehead atoms. The van der Waals surface area contributed by atoms with E-state index in [1.165, 1.54) is 37.6 Å². The Balaban J connectivity index is 1.29. The first-order valence-electron chi connectivity index (χ1n) is 14.0. The Hall–Kier alpha value is -4.72. The molecule has 0 radical (unpaired) electrons. The van der Waals surface area contributed by atoms with Crippen molar-refractivity contribution in [1.82, 2.24) is 24.9 Å². The van der Waals surface area contributed by atoms with Crippen molar-refractivity contribution in [3.8, 4) is 22.9 Å². The molecule has 1 fully saturated rings. The van der Waals surface area contributed by atoms with Crippen LogP contribution >= 0.6 is 0 Å². The van der Waals surface area contributed by atoms with Gasteiger partial charge in [-0.25, -0.2) is 32.7 Å². The molecule has 5 rings (SSSR count). The molecule has 1 atom stereocenters. The van der Waals surface area contributed by atoms with Crippen LogP contribution < -0.4 is 19.5 Å². The first-order valence-corrected chi connectivity index (χ1v) is 15.5. The largest absolute Gasteiger partial charge is 0.497 e. The molecule has 1 amide bonds. The normalized spacial score (nSPS) is 15.1. The van der Waals surface area contributed by atoms with Crippen LogP contribution in [0.3, 0.4) is 0 Å². The van der Waals surface area contributed by atoms with Crippen LogP contribution in [0, 0.1) is 0 Å². The van der Waals surface area contributed by atoms with E-state index in [2.05, 4.69) is 35.0 Å². The summed E-state index contributed by atoms with van der Waals surface area (Å²) in [6.45, 7) is 3.76. The standard InChI is InChI=1S/C30H32FN7O5S/c1-4-30(31,27(39)37-25-11-8-21(17-34-25)23-18-32-19-26(35-23)43-5-2)24-12-15-33-28(36-24)38-44(40,41)29(13-14-29)16-20-6-9-22(42-3)10-7-20/h6-12,15,17-19H,4-5,13-14,16H2,1-3H3,(H,33,36,38)(H,34,37,39). The number of ether oxygens (including phenoxy) is 2. The summed E-state index contributed by atoms with van der Waals surface area (Å²) in [7, 11) is -2.38. The summed E-state index contributed by atoms with van der Waals surface area (Å²) in [5, 5.41) is 2.49. The third kappa shape index (κ3) is 6.44. The molecule has 1 aliphatic rings. The van der Waals surface area contributed by atoms with Crippen LogP contribution in [-0.4, -0.2) is 57.7 Å². The Bertz CT molecular complexity index is 1740. The van der Waals surface area contributed by atoms with Crippen molar-refractivity contribution in [1.29, 1.82) is 0 Å². The van der Waals surface area contributed by atoms with Gasteiger partial charge in [-0.1, -0.05) is 19.1 Å². The van der Waals surface area contributed by atoms with Gasteiger partial charge in [-0.15, -0.1) is 0 Å². The topological polar surface area (TPSA) is 158 Å². The van der Waals surface area contributed by atoms with Gasteiger partial charge in [-0.05, 0) is 68.5 Å². The van der Waals surface area contributed by atoms with Gasteiger partial charge in [0.2, 0.25) is 27.5 Å². The Morgan fingerprint density at radius 2 is 1.80 bits per heavy atom. The van der Waals surface area contributed by atoms with Crippen molar-refractivity contribution in [2.45, 2.75) is 49.9 Å². The van der Waals surface area contributed by atoms with Gasteiger partial charge < -0.3 is 14.8 Å². The zero-order valence-corrected chi connectivity index (χ0v) is 25.3. The maximum absolute atomic E-state index is 16.3. The van der Waals surface area contributed by atoms with Crippen LogP contribution in [0.1, 0.15) is 44.4 Å². The zero-order chi connectivity index (χ0) is 31.4. The predicted molar refractivity (Wildman–Crippen MR) is 161 cm³/mol. The molecular formula is C30H32FN7O5S. The molecule has 44 heavy (non-hydrogen) atoms. The minimum atomic E-state index is -3.94. The number of carbonyl (C=O) groups is 1. The lowest BCUT2D eigenvalue weighted by molar-refractivity contribution is -0.128. The quantitative estimate of drug-likeness (QED) is 0.218. The molecule has 1 saturated carbocycles. The number of hydrogen-bond acceptors (Lipinski definition) is 10. The molecule has 1 aromatic carbocycles. The van der Waals surface area contributed by atoms with E-state index in [4.69, 9.17) is 9.47 Å². The average Bonchev–Trinajstić information content (AvgIpc) is 3.83. The Morgan fingerprint density at radius 1 is 1.02 bits per heavy atom. The molecule has 3 aromatic heterocycles. The molecule has 4 aromatic rings. The summed E-state index contributed by atoms with van der Waals surface area (Å²) in [6.07, 6.45) is 6.64. The first-order chi connectivity index (χ1) is 21.1. The number of nitrogens with zero attached hydrogens (tertiary/aromatic N) is 5. The van der Waals surface area contributed by atoms with E-state index in [-0.39, 0.29) is 30.3 Å². The van der Waals surface area contributed by atoms with Crippen molar-refractivity contribution in [3.05, 3.63) is 78.5 Å². The zero-order valence-electron chi connectivity index (χ0n) is 24.4. The van der Waals surface area contributed by atoms with E-state index in [0.717, 1.165) is 5.56 Å². The summed E-state index contributed by atoms with van der Waals surface area (Å²) in [4.78, 5) is 34.0. The number of carbonyl (C=O) groups excluding carboxylic acids is 1. The highest BCUT2D eigenvalue weighted by atomic mass is 32.2. The smallest absolute Gasteiger partial charge is 0.269 e. The lowest BCUT2D eigenvalue weighted by atomic mass is 9.97. The number of amides is 1. The lowest BCUT2D eigenvalue weighted by Gasteiger charge is -2.23. The number of alkyl halides is 1. The number of methoxy groups -OCH3 is 1. The number of benzene rings is 1. The molecule has 1 aliphatic carbocycles. The maximum Gasteiger partial charge on any atom is 0.269 e. The molecule has 3 heterocycles. The van der Waals surface area contributed by atoms with Gasteiger partial charge in [-0.2, -0.15) is 0 Å². The van der Waals surface area contributed by atoms with Crippen LogP contribution in [0.15, 0.2) is 67.3 Å². The summed E-state index contributed by atoms with van der Waals surface area (Å²) < 4.78 is 55.0. The number of nitrogens with one attached hydrogen (secondary N) is 2.